The van der Waals surface area contributed by atoms with Gasteiger partial charge in [-0.25, -0.2) is 8.42 Å². The zero-order chi connectivity index (χ0) is 15.8. The zero-order valence-corrected chi connectivity index (χ0v) is 14.2. The molecule has 0 aromatic carbocycles. The first-order valence-corrected chi connectivity index (χ1v) is 9.77. The number of carbonyl (C=O) groups is 1. The van der Waals surface area contributed by atoms with E-state index in [1.54, 1.807) is 0 Å². The van der Waals surface area contributed by atoms with Gasteiger partial charge in [-0.15, -0.1) is 0 Å². The molecule has 0 unspecified atom stereocenters. The highest BCUT2D eigenvalue weighted by Gasteiger charge is 2.72. The number of fused-ring (bicyclic) bond motifs is 1. The third kappa shape index (κ3) is 1.76. The number of ketones is 1. The molecule has 2 N–H and O–H groups in total. The fraction of sp³-hybridized carbons (Fsp3) is 0.938. The van der Waals surface area contributed by atoms with Crippen LogP contribution >= 0.6 is 0 Å². The Morgan fingerprint density at radius 1 is 1.29 bits per heavy atom. The van der Waals surface area contributed by atoms with Gasteiger partial charge >= 0.3 is 0 Å². The molecule has 0 aromatic heterocycles. The predicted molar refractivity (Wildman–Crippen MR) is 82.4 cm³/mol. The summed E-state index contributed by atoms with van der Waals surface area (Å²) in [5.74, 6) is 0.484. The number of rotatable bonds is 3. The maximum atomic E-state index is 12.7. The van der Waals surface area contributed by atoms with Crippen LogP contribution in [0.3, 0.4) is 0 Å². The van der Waals surface area contributed by atoms with E-state index in [9.17, 15) is 13.2 Å². The molecule has 3 fully saturated rings. The summed E-state index contributed by atoms with van der Waals surface area (Å²) in [5, 5.41) is -0.848. The van der Waals surface area contributed by atoms with Gasteiger partial charge in [0, 0.05) is 0 Å². The molecular formula is C16H27NO3S. The van der Waals surface area contributed by atoms with Crippen molar-refractivity contribution in [1.29, 1.82) is 0 Å². The van der Waals surface area contributed by atoms with Gasteiger partial charge in [-0.3, -0.25) is 4.79 Å². The Labute approximate surface area is 127 Å². The fourth-order valence-corrected chi connectivity index (χ4v) is 8.51. The van der Waals surface area contributed by atoms with Crippen LogP contribution in [-0.4, -0.2) is 31.2 Å². The van der Waals surface area contributed by atoms with Gasteiger partial charge < -0.3 is 5.73 Å². The number of Topliss-reactive ketones (excluding diaryl/α,β-unsaturated/α-hetero) is 1. The molecule has 1 aliphatic heterocycles. The van der Waals surface area contributed by atoms with E-state index in [0.29, 0.717) is 5.92 Å². The minimum absolute atomic E-state index is 0.00597. The lowest BCUT2D eigenvalue weighted by Gasteiger charge is -2.37. The molecule has 2 bridgehead atoms. The van der Waals surface area contributed by atoms with E-state index in [4.69, 9.17) is 5.73 Å². The minimum Gasteiger partial charge on any atom is -0.321 e. The second-order valence-corrected chi connectivity index (χ2v) is 10.5. The maximum absolute atomic E-state index is 12.7. The molecular weight excluding hydrogens is 288 g/mol. The summed E-state index contributed by atoms with van der Waals surface area (Å²) >= 11 is 0. The average Bonchev–Trinajstić information content (AvgIpc) is 2.83. The third-order valence-electron chi connectivity index (χ3n) is 7.03. The predicted octanol–water partition coefficient (Wildman–Crippen LogP) is 1.78. The molecule has 4 nitrogen and oxygen atoms in total. The maximum Gasteiger partial charge on any atom is 0.168 e. The Bertz CT molecular complexity index is 580. The standard InChI is InChI=1S/C16H27NO3S/c1-9(2)12(17)13(18)14-11-7-10-5-6-16(11,15(10,3)4)8-21(14,19)20/h9-12,14H,5-8,17H2,1-4H3/t10-,11+,12+,14-,16-/m1/s1/i13+2. The second kappa shape index (κ2) is 4.31. The van der Waals surface area contributed by atoms with E-state index >= 15 is 0 Å². The lowest BCUT2D eigenvalue weighted by atomic mass is 9.66. The van der Waals surface area contributed by atoms with Gasteiger partial charge in [-0.2, -0.15) is 0 Å². The first-order chi connectivity index (χ1) is 9.54. The van der Waals surface area contributed by atoms with E-state index in [1.165, 1.54) is 0 Å². The van der Waals surface area contributed by atoms with Crippen LogP contribution in [0.4, 0.5) is 0 Å². The molecule has 2 saturated carbocycles. The largest absolute Gasteiger partial charge is 0.321 e. The summed E-state index contributed by atoms with van der Waals surface area (Å²) in [4.78, 5) is 12.7. The Balaban J connectivity index is 2.03. The highest BCUT2D eigenvalue weighted by Crippen LogP contribution is 2.72. The smallest absolute Gasteiger partial charge is 0.168 e. The molecule has 3 aliphatic rings. The normalized spacial score (nSPS) is 44.0. The van der Waals surface area contributed by atoms with Crippen molar-refractivity contribution >= 4 is 15.6 Å². The van der Waals surface area contributed by atoms with E-state index in [2.05, 4.69) is 13.8 Å². The molecule has 0 aromatic rings. The molecule has 0 amide bonds. The van der Waals surface area contributed by atoms with Gasteiger partial charge in [0.25, 0.3) is 0 Å². The quantitative estimate of drug-likeness (QED) is 0.861. The molecule has 1 heterocycles. The molecule has 0 radical (unpaired) electrons. The molecule has 3 rings (SSSR count). The van der Waals surface area contributed by atoms with Crippen molar-refractivity contribution in [3.63, 3.8) is 0 Å². The van der Waals surface area contributed by atoms with Crippen LogP contribution in [0.5, 0.6) is 0 Å². The summed E-state index contributed by atoms with van der Waals surface area (Å²) in [7, 11) is -3.37. The molecule has 120 valence electrons. The van der Waals surface area contributed by atoms with E-state index in [1.807, 2.05) is 13.8 Å². The lowest BCUT2D eigenvalue weighted by molar-refractivity contribution is -0.122. The number of carbonyl (C=O) groups excluding carboxylic acids is 1. The molecule has 1 spiro atoms. The Morgan fingerprint density at radius 2 is 1.90 bits per heavy atom. The SMILES string of the molecule is CC(C)[C@H](N)[14C](=O)[C@H]1[C@@H]2C[C@H]3CC[C@]2(CS1(=O)=O)C3(C)C. The van der Waals surface area contributed by atoms with Crippen LogP contribution in [-0.2, 0) is 14.6 Å². The van der Waals surface area contributed by atoms with Crippen molar-refractivity contribution in [3.05, 3.63) is 0 Å². The summed E-state index contributed by atoms with van der Waals surface area (Å²) in [6, 6.07) is -0.665. The summed E-state index contributed by atoms with van der Waals surface area (Å²) in [5.41, 5.74) is 5.84. The van der Waals surface area contributed by atoms with Crippen molar-refractivity contribution in [2.45, 2.75) is 58.2 Å². The zero-order valence-electron chi connectivity index (χ0n) is 13.4. The van der Waals surface area contributed by atoms with Gasteiger partial charge in [-0.1, -0.05) is 27.7 Å². The van der Waals surface area contributed by atoms with Crippen LogP contribution in [0.15, 0.2) is 0 Å². The van der Waals surface area contributed by atoms with Crippen molar-refractivity contribution in [1.82, 2.24) is 0 Å². The van der Waals surface area contributed by atoms with Crippen molar-refractivity contribution in [3.8, 4) is 0 Å². The van der Waals surface area contributed by atoms with E-state index < -0.39 is 21.1 Å². The lowest BCUT2D eigenvalue weighted by Crippen LogP contribution is -2.47. The highest BCUT2D eigenvalue weighted by atomic mass is 32.2. The van der Waals surface area contributed by atoms with Crippen LogP contribution < -0.4 is 5.73 Å². The van der Waals surface area contributed by atoms with Crippen LogP contribution in [0, 0.1) is 28.6 Å². The van der Waals surface area contributed by atoms with Crippen molar-refractivity contribution in [2.75, 3.05) is 5.75 Å². The van der Waals surface area contributed by atoms with Gasteiger partial charge in [0.1, 0.15) is 5.25 Å². The monoisotopic (exact) mass is 315 g/mol. The first kappa shape index (κ1) is 15.5. The van der Waals surface area contributed by atoms with Crippen LogP contribution in [0.1, 0.15) is 47.0 Å². The van der Waals surface area contributed by atoms with Crippen molar-refractivity contribution in [2.24, 2.45) is 34.3 Å². The number of sulfone groups is 1. The van der Waals surface area contributed by atoms with E-state index in [-0.39, 0.29) is 34.2 Å². The molecule has 21 heavy (non-hydrogen) atoms. The number of nitrogens with two attached hydrogens (primary N) is 1. The average molecular weight is 315 g/mol. The topological polar surface area (TPSA) is 77.2 Å². The van der Waals surface area contributed by atoms with Gasteiger partial charge in [-0.05, 0) is 47.8 Å². The molecule has 5 atom stereocenters. The molecule has 1 saturated heterocycles. The Kier molecular flexibility index (Phi) is 3.18. The summed E-state index contributed by atoms with van der Waals surface area (Å²) in [6.45, 7) is 8.17. The summed E-state index contributed by atoms with van der Waals surface area (Å²) < 4.78 is 25.5. The number of hydrogen-bond donors (Lipinski definition) is 1. The molecule has 2 aliphatic carbocycles. The molecule has 5 heteroatoms. The Hall–Kier alpha value is -0.420. The summed E-state index contributed by atoms with van der Waals surface area (Å²) in [6.07, 6.45) is 2.94. The fourth-order valence-electron chi connectivity index (χ4n) is 5.50. The second-order valence-electron chi connectivity index (χ2n) is 8.36. The Morgan fingerprint density at radius 3 is 2.43 bits per heavy atom. The highest BCUT2D eigenvalue weighted by molar-refractivity contribution is 7.93. The van der Waals surface area contributed by atoms with Gasteiger partial charge in [0.05, 0.1) is 11.8 Å². The first-order valence-electron chi connectivity index (χ1n) is 8.05. The minimum atomic E-state index is -3.37. The third-order valence-corrected chi connectivity index (χ3v) is 9.28. The van der Waals surface area contributed by atoms with Crippen LogP contribution in [0.25, 0.3) is 0 Å². The number of hydrogen-bond acceptors (Lipinski definition) is 4. The van der Waals surface area contributed by atoms with Gasteiger partial charge in [0.15, 0.2) is 15.6 Å². The van der Waals surface area contributed by atoms with Crippen molar-refractivity contribution < 1.29 is 13.2 Å². The van der Waals surface area contributed by atoms with Crippen LogP contribution in [0.2, 0.25) is 0 Å². The van der Waals surface area contributed by atoms with E-state index in [0.717, 1.165) is 19.3 Å². The van der Waals surface area contributed by atoms with Gasteiger partial charge in [0.2, 0.25) is 0 Å².